The molecule has 0 bridgehead atoms. The van der Waals surface area contributed by atoms with Crippen LogP contribution in [0.3, 0.4) is 0 Å². The van der Waals surface area contributed by atoms with Gasteiger partial charge >= 0.3 is 0 Å². The van der Waals surface area contributed by atoms with Gasteiger partial charge in [-0.05, 0) is 51.3 Å². The van der Waals surface area contributed by atoms with E-state index in [1.165, 1.54) is 28.2 Å². The molecular formula is C29H47N. The number of hydrogen-bond donors (Lipinski definition) is 0. The van der Waals surface area contributed by atoms with Crippen LogP contribution in [-0.4, -0.2) is 4.57 Å². The highest BCUT2D eigenvalue weighted by molar-refractivity contribution is 5.84. The molecular weight excluding hydrogens is 362 g/mol. The SMILES string of the molecule is C/C=C\c1c2c(n(C3=CCCC=C3)c1/C=C\C)C=CCC=C2.CC.CC.CC.CC. The van der Waals surface area contributed by atoms with E-state index in [9.17, 15) is 0 Å². The Morgan fingerprint density at radius 1 is 0.700 bits per heavy atom. The Morgan fingerprint density at radius 3 is 1.83 bits per heavy atom. The van der Waals surface area contributed by atoms with E-state index in [1.54, 1.807) is 0 Å². The van der Waals surface area contributed by atoms with E-state index in [0.29, 0.717) is 0 Å². The molecule has 0 unspecified atom stereocenters. The first-order valence-corrected chi connectivity index (χ1v) is 12.1. The predicted molar refractivity (Wildman–Crippen MR) is 145 cm³/mol. The Kier molecular flexibility index (Phi) is 20.0. The first-order valence-electron chi connectivity index (χ1n) is 12.1. The molecule has 1 aromatic rings. The van der Waals surface area contributed by atoms with E-state index in [4.69, 9.17) is 0 Å². The first-order chi connectivity index (χ1) is 14.9. The molecule has 0 aliphatic heterocycles. The van der Waals surface area contributed by atoms with Crippen molar-refractivity contribution in [3.05, 3.63) is 65.0 Å². The summed E-state index contributed by atoms with van der Waals surface area (Å²) in [6.07, 6.45) is 27.8. The average molecular weight is 410 g/mol. The summed E-state index contributed by atoms with van der Waals surface area (Å²) in [5.74, 6) is 0. The third kappa shape index (κ3) is 8.22. The standard InChI is InChI=1S/C21H23N.4C2H6/c1-3-11-18-19-15-9-6-10-16-21(19)22(20(18)12-4-2)17-13-7-5-8-14-17;4*1-2/h3-4,7,9-16H,5-6,8H2,1-2H3;4*1-2H3/b11-3-,12-4-;;;;. The normalized spacial score (nSPS) is 13.5. The van der Waals surface area contributed by atoms with Crippen LogP contribution in [0.2, 0.25) is 0 Å². The van der Waals surface area contributed by atoms with E-state index in [-0.39, 0.29) is 0 Å². The van der Waals surface area contributed by atoms with Crippen LogP contribution in [-0.2, 0) is 0 Å². The fraction of sp³-hybridized carbons (Fsp3) is 0.448. The third-order valence-corrected chi connectivity index (χ3v) is 4.05. The maximum absolute atomic E-state index is 2.40. The molecule has 0 N–H and O–H groups in total. The number of fused-ring (bicyclic) bond motifs is 1. The van der Waals surface area contributed by atoms with Crippen molar-refractivity contribution < 1.29 is 0 Å². The van der Waals surface area contributed by atoms with Gasteiger partial charge in [0.25, 0.3) is 0 Å². The maximum Gasteiger partial charge on any atom is 0.0537 e. The Bertz CT molecular complexity index is 731. The molecule has 1 nitrogen and oxygen atoms in total. The van der Waals surface area contributed by atoms with E-state index >= 15 is 0 Å². The van der Waals surface area contributed by atoms with Crippen molar-refractivity contribution in [2.45, 2.75) is 88.5 Å². The molecule has 0 aromatic carbocycles. The molecule has 1 heterocycles. The third-order valence-electron chi connectivity index (χ3n) is 4.05. The molecule has 0 saturated carbocycles. The van der Waals surface area contributed by atoms with Crippen LogP contribution in [0.5, 0.6) is 0 Å². The Morgan fingerprint density at radius 2 is 1.30 bits per heavy atom. The monoisotopic (exact) mass is 409 g/mol. The molecule has 0 spiro atoms. The van der Waals surface area contributed by atoms with Crippen LogP contribution < -0.4 is 0 Å². The molecule has 30 heavy (non-hydrogen) atoms. The van der Waals surface area contributed by atoms with Crippen LogP contribution in [0, 0.1) is 0 Å². The van der Waals surface area contributed by atoms with Crippen molar-refractivity contribution >= 4 is 30.0 Å². The maximum atomic E-state index is 2.40. The number of aromatic nitrogens is 1. The highest BCUT2D eigenvalue weighted by atomic mass is 15.0. The van der Waals surface area contributed by atoms with Gasteiger partial charge in [-0.25, -0.2) is 0 Å². The highest BCUT2D eigenvalue weighted by Gasteiger charge is 2.19. The van der Waals surface area contributed by atoms with Crippen molar-refractivity contribution in [3.8, 4) is 0 Å². The molecule has 1 heteroatoms. The average Bonchev–Trinajstić information content (AvgIpc) is 2.97. The fourth-order valence-electron chi connectivity index (χ4n) is 3.14. The van der Waals surface area contributed by atoms with Gasteiger partial charge in [-0.2, -0.15) is 0 Å². The smallest absolute Gasteiger partial charge is 0.0537 e. The number of rotatable bonds is 3. The Labute approximate surface area is 188 Å². The zero-order valence-corrected chi connectivity index (χ0v) is 21.4. The van der Waals surface area contributed by atoms with Gasteiger partial charge in [0, 0.05) is 16.8 Å². The van der Waals surface area contributed by atoms with Crippen molar-refractivity contribution in [1.29, 1.82) is 0 Å². The molecule has 1 aromatic heterocycles. The lowest BCUT2D eigenvalue weighted by molar-refractivity contribution is 0.992. The second-order valence-electron chi connectivity index (χ2n) is 5.58. The minimum Gasteiger partial charge on any atom is -0.310 e. The summed E-state index contributed by atoms with van der Waals surface area (Å²) >= 11 is 0. The van der Waals surface area contributed by atoms with Gasteiger partial charge in [0.1, 0.15) is 0 Å². The molecule has 0 amide bonds. The molecule has 2 aliphatic carbocycles. The lowest BCUT2D eigenvalue weighted by Crippen LogP contribution is -2.02. The molecule has 0 radical (unpaired) electrons. The highest BCUT2D eigenvalue weighted by Crippen LogP contribution is 2.34. The second-order valence-corrected chi connectivity index (χ2v) is 5.58. The Hall–Kier alpha value is -2.28. The summed E-state index contributed by atoms with van der Waals surface area (Å²) in [5.41, 5.74) is 6.46. The van der Waals surface area contributed by atoms with Crippen molar-refractivity contribution in [2.24, 2.45) is 0 Å². The van der Waals surface area contributed by atoms with E-state index in [1.807, 2.05) is 55.4 Å². The van der Waals surface area contributed by atoms with Crippen LogP contribution in [0.15, 0.2) is 42.5 Å². The topological polar surface area (TPSA) is 4.93 Å². The summed E-state index contributed by atoms with van der Waals surface area (Å²) in [5, 5.41) is 0. The first kappa shape index (κ1) is 29.9. The predicted octanol–water partition coefficient (Wildman–Crippen LogP) is 10.3. The molecule has 0 atom stereocenters. The van der Waals surface area contributed by atoms with E-state index < -0.39 is 0 Å². The van der Waals surface area contributed by atoms with Gasteiger partial charge in [0.2, 0.25) is 0 Å². The van der Waals surface area contributed by atoms with Gasteiger partial charge in [0.15, 0.2) is 0 Å². The largest absolute Gasteiger partial charge is 0.310 e. The molecule has 0 fully saturated rings. The minimum absolute atomic E-state index is 0.998. The summed E-state index contributed by atoms with van der Waals surface area (Å²) in [4.78, 5) is 0. The van der Waals surface area contributed by atoms with E-state index in [0.717, 1.165) is 19.3 Å². The van der Waals surface area contributed by atoms with Gasteiger partial charge < -0.3 is 4.57 Å². The second kappa shape index (κ2) is 20.0. The summed E-state index contributed by atoms with van der Waals surface area (Å²) in [7, 11) is 0. The van der Waals surface area contributed by atoms with Gasteiger partial charge in [0.05, 0.1) is 11.4 Å². The quantitative estimate of drug-likeness (QED) is 0.468. The number of hydrogen-bond acceptors (Lipinski definition) is 0. The van der Waals surface area contributed by atoms with Crippen molar-refractivity contribution in [2.75, 3.05) is 0 Å². The fourth-order valence-corrected chi connectivity index (χ4v) is 3.14. The number of nitrogens with zero attached hydrogens (tertiary/aromatic N) is 1. The Balaban J connectivity index is 0. The summed E-state index contributed by atoms with van der Waals surface area (Å²) in [6.45, 7) is 20.2. The molecule has 0 saturated heterocycles. The van der Waals surface area contributed by atoms with Crippen LogP contribution in [0.25, 0.3) is 30.0 Å². The van der Waals surface area contributed by atoms with Gasteiger partial charge in [-0.3, -0.25) is 0 Å². The number of allylic oxidation sites excluding steroid dienone is 8. The zero-order chi connectivity index (χ0) is 23.4. The summed E-state index contributed by atoms with van der Waals surface area (Å²) < 4.78 is 2.40. The molecule has 3 rings (SSSR count). The van der Waals surface area contributed by atoms with Crippen LogP contribution >= 0.6 is 0 Å². The van der Waals surface area contributed by atoms with Gasteiger partial charge in [-0.1, -0.05) is 104 Å². The lowest BCUT2D eigenvalue weighted by atomic mass is 10.1. The van der Waals surface area contributed by atoms with Crippen molar-refractivity contribution in [1.82, 2.24) is 4.57 Å². The lowest BCUT2D eigenvalue weighted by Gasteiger charge is -2.14. The molecule has 168 valence electrons. The van der Waals surface area contributed by atoms with E-state index in [2.05, 4.69) is 85.3 Å². The van der Waals surface area contributed by atoms with Gasteiger partial charge in [-0.15, -0.1) is 0 Å². The zero-order valence-electron chi connectivity index (χ0n) is 21.4. The summed E-state index contributed by atoms with van der Waals surface area (Å²) in [6, 6.07) is 0. The van der Waals surface area contributed by atoms with Crippen LogP contribution in [0.1, 0.15) is 111 Å². The van der Waals surface area contributed by atoms with Crippen LogP contribution in [0.4, 0.5) is 0 Å². The van der Waals surface area contributed by atoms with Crippen molar-refractivity contribution in [3.63, 3.8) is 0 Å². The minimum atomic E-state index is 0.998. The molecule has 2 aliphatic rings.